The molecule has 2 amide bonds. The van der Waals surface area contributed by atoms with Crippen LogP contribution < -0.4 is 4.90 Å². The van der Waals surface area contributed by atoms with Crippen LogP contribution in [0.5, 0.6) is 0 Å². The summed E-state index contributed by atoms with van der Waals surface area (Å²) in [5, 5.41) is 9.07. The Kier molecular flexibility index (Phi) is 3.50. The molecule has 2 rings (SSSR count). The van der Waals surface area contributed by atoms with E-state index in [9.17, 15) is 9.59 Å². The fraction of sp³-hybridized carbons (Fsp3) is 0.385. The standard InChI is InChI=1S/C13H16N2O3/c1-14(10-6-3-2-4-7-10)13(18)15-9-5-8-11(15)12(16)17/h2-4,6-7,11H,5,8-9H2,1H3,(H,16,17). The second-order valence-corrected chi connectivity index (χ2v) is 4.37. The third-order valence-electron chi connectivity index (χ3n) is 3.21. The first-order valence-electron chi connectivity index (χ1n) is 5.93. The number of anilines is 1. The maximum atomic E-state index is 12.2. The summed E-state index contributed by atoms with van der Waals surface area (Å²) in [7, 11) is 1.66. The van der Waals surface area contributed by atoms with Crippen LogP contribution in [0.1, 0.15) is 12.8 Å². The van der Waals surface area contributed by atoms with Crippen molar-refractivity contribution in [2.24, 2.45) is 0 Å². The summed E-state index contributed by atoms with van der Waals surface area (Å²) in [4.78, 5) is 26.2. The van der Waals surface area contributed by atoms with E-state index < -0.39 is 12.0 Å². The smallest absolute Gasteiger partial charge is 0.326 e. The second-order valence-electron chi connectivity index (χ2n) is 4.37. The molecule has 1 atom stereocenters. The number of carboxylic acid groups (broad SMARTS) is 1. The predicted octanol–water partition coefficient (Wildman–Crippen LogP) is 1.79. The Morgan fingerprint density at radius 3 is 2.61 bits per heavy atom. The Bertz CT molecular complexity index is 447. The van der Waals surface area contributed by atoms with E-state index in [1.807, 2.05) is 30.3 Å². The highest BCUT2D eigenvalue weighted by molar-refractivity contribution is 5.94. The average molecular weight is 248 g/mol. The van der Waals surface area contributed by atoms with Gasteiger partial charge in [0.25, 0.3) is 0 Å². The molecule has 1 aliphatic rings. The molecule has 18 heavy (non-hydrogen) atoms. The summed E-state index contributed by atoms with van der Waals surface area (Å²) >= 11 is 0. The van der Waals surface area contributed by atoms with E-state index >= 15 is 0 Å². The molecule has 1 N–H and O–H groups in total. The van der Waals surface area contributed by atoms with E-state index in [0.717, 1.165) is 12.1 Å². The zero-order valence-electron chi connectivity index (χ0n) is 10.2. The molecule has 0 spiro atoms. The number of hydrogen-bond acceptors (Lipinski definition) is 2. The van der Waals surface area contributed by atoms with Gasteiger partial charge >= 0.3 is 12.0 Å². The number of aliphatic carboxylic acids is 1. The number of hydrogen-bond donors (Lipinski definition) is 1. The minimum absolute atomic E-state index is 0.258. The number of likely N-dealkylation sites (tertiary alicyclic amines) is 1. The van der Waals surface area contributed by atoms with Crippen LogP contribution >= 0.6 is 0 Å². The Morgan fingerprint density at radius 1 is 1.33 bits per heavy atom. The summed E-state index contributed by atoms with van der Waals surface area (Å²) in [5.74, 6) is -0.928. The number of nitrogens with zero attached hydrogens (tertiary/aromatic N) is 2. The number of carboxylic acids is 1. The van der Waals surface area contributed by atoms with Gasteiger partial charge in [0.1, 0.15) is 6.04 Å². The topological polar surface area (TPSA) is 60.9 Å². The maximum Gasteiger partial charge on any atom is 0.326 e. The van der Waals surface area contributed by atoms with Crippen molar-refractivity contribution in [3.05, 3.63) is 30.3 Å². The van der Waals surface area contributed by atoms with Crippen LogP contribution in [0.2, 0.25) is 0 Å². The van der Waals surface area contributed by atoms with Gasteiger partial charge in [-0.1, -0.05) is 18.2 Å². The van der Waals surface area contributed by atoms with Crippen molar-refractivity contribution in [1.29, 1.82) is 0 Å². The molecule has 0 bridgehead atoms. The Balaban J connectivity index is 2.14. The molecule has 1 fully saturated rings. The van der Waals surface area contributed by atoms with Gasteiger partial charge in [0.15, 0.2) is 0 Å². The third kappa shape index (κ3) is 2.30. The van der Waals surface area contributed by atoms with Gasteiger partial charge in [-0.15, -0.1) is 0 Å². The van der Waals surface area contributed by atoms with Gasteiger partial charge in [-0.05, 0) is 25.0 Å². The molecule has 0 radical (unpaired) electrons. The van der Waals surface area contributed by atoms with Gasteiger partial charge in [0, 0.05) is 19.3 Å². The molecule has 0 saturated carbocycles. The lowest BCUT2D eigenvalue weighted by molar-refractivity contribution is -0.141. The normalized spacial score (nSPS) is 18.7. The highest BCUT2D eigenvalue weighted by Crippen LogP contribution is 2.21. The monoisotopic (exact) mass is 248 g/mol. The first-order valence-corrected chi connectivity index (χ1v) is 5.93. The van der Waals surface area contributed by atoms with Gasteiger partial charge in [-0.25, -0.2) is 9.59 Å². The molecule has 1 heterocycles. The van der Waals surface area contributed by atoms with Gasteiger partial charge in [0.2, 0.25) is 0 Å². The van der Waals surface area contributed by atoms with Gasteiger partial charge in [0.05, 0.1) is 0 Å². The van der Waals surface area contributed by atoms with Crippen molar-refractivity contribution in [3.63, 3.8) is 0 Å². The van der Waals surface area contributed by atoms with E-state index in [2.05, 4.69) is 0 Å². The highest BCUT2D eigenvalue weighted by atomic mass is 16.4. The molecule has 1 unspecified atom stereocenters. The fourth-order valence-corrected chi connectivity index (χ4v) is 2.21. The van der Waals surface area contributed by atoms with Crippen LogP contribution in [0.4, 0.5) is 10.5 Å². The minimum atomic E-state index is -0.928. The molecule has 1 aliphatic heterocycles. The van der Waals surface area contributed by atoms with E-state index in [1.54, 1.807) is 7.05 Å². The Morgan fingerprint density at radius 2 is 2.00 bits per heavy atom. The van der Waals surface area contributed by atoms with Crippen LogP contribution in [0.3, 0.4) is 0 Å². The van der Waals surface area contributed by atoms with E-state index in [0.29, 0.717) is 13.0 Å². The Labute approximate surface area is 106 Å². The number of para-hydroxylation sites is 1. The summed E-state index contributed by atoms with van der Waals surface area (Å²) in [6, 6.07) is 8.26. The van der Waals surface area contributed by atoms with Gasteiger partial charge in [-0.3, -0.25) is 4.90 Å². The zero-order valence-corrected chi connectivity index (χ0v) is 10.2. The SMILES string of the molecule is CN(C(=O)N1CCCC1C(=O)O)c1ccccc1. The van der Waals surface area contributed by atoms with E-state index in [-0.39, 0.29) is 6.03 Å². The summed E-state index contributed by atoms with van der Waals surface area (Å²) < 4.78 is 0. The third-order valence-corrected chi connectivity index (χ3v) is 3.21. The number of benzene rings is 1. The number of urea groups is 1. The molecular formula is C13H16N2O3. The number of carbonyl (C=O) groups is 2. The largest absolute Gasteiger partial charge is 0.480 e. The zero-order chi connectivity index (χ0) is 13.1. The van der Waals surface area contributed by atoms with Crippen molar-refractivity contribution in [2.45, 2.75) is 18.9 Å². The molecular weight excluding hydrogens is 232 g/mol. The molecule has 5 nitrogen and oxygen atoms in total. The van der Waals surface area contributed by atoms with E-state index in [1.165, 1.54) is 9.80 Å². The number of rotatable bonds is 2. The lowest BCUT2D eigenvalue weighted by atomic mass is 10.2. The quantitative estimate of drug-likeness (QED) is 0.868. The maximum absolute atomic E-state index is 12.2. The lowest BCUT2D eigenvalue weighted by Crippen LogP contribution is -2.46. The van der Waals surface area contributed by atoms with E-state index in [4.69, 9.17) is 5.11 Å². The van der Waals surface area contributed by atoms with Crippen molar-refractivity contribution in [1.82, 2.24) is 4.90 Å². The molecule has 1 aromatic rings. The molecule has 0 aromatic heterocycles. The van der Waals surface area contributed by atoms with Crippen LogP contribution in [-0.2, 0) is 4.79 Å². The molecule has 1 saturated heterocycles. The van der Waals surface area contributed by atoms with Crippen LogP contribution in [0.15, 0.2) is 30.3 Å². The molecule has 96 valence electrons. The first kappa shape index (κ1) is 12.4. The second kappa shape index (κ2) is 5.08. The predicted molar refractivity (Wildman–Crippen MR) is 67.6 cm³/mol. The highest BCUT2D eigenvalue weighted by Gasteiger charge is 2.35. The molecule has 5 heteroatoms. The summed E-state index contributed by atoms with van der Waals surface area (Å²) in [5.41, 5.74) is 0.763. The van der Waals surface area contributed by atoms with Crippen molar-refractivity contribution in [2.75, 3.05) is 18.5 Å². The van der Waals surface area contributed by atoms with Crippen LogP contribution in [-0.4, -0.2) is 41.6 Å². The number of carbonyl (C=O) groups excluding carboxylic acids is 1. The van der Waals surface area contributed by atoms with Gasteiger partial charge in [-0.2, -0.15) is 0 Å². The van der Waals surface area contributed by atoms with Crippen molar-refractivity contribution in [3.8, 4) is 0 Å². The van der Waals surface area contributed by atoms with Crippen molar-refractivity contribution >= 4 is 17.7 Å². The van der Waals surface area contributed by atoms with Crippen molar-refractivity contribution < 1.29 is 14.7 Å². The average Bonchev–Trinajstić information content (AvgIpc) is 2.87. The van der Waals surface area contributed by atoms with Crippen LogP contribution in [0.25, 0.3) is 0 Å². The number of amides is 2. The summed E-state index contributed by atoms with van der Waals surface area (Å²) in [6.07, 6.45) is 1.27. The van der Waals surface area contributed by atoms with Crippen LogP contribution in [0, 0.1) is 0 Å². The Hall–Kier alpha value is -2.04. The van der Waals surface area contributed by atoms with Gasteiger partial charge < -0.3 is 10.0 Å². The molecule has 1 aromatic carbocycles. The summed E-state index contributed by atoms with van der Waals surface area (Å²) in [6.45, 7) is 0.507. The fourth-order valence-electron chi connectivity index (χ4n) is 2.21. The minimum Gasteiger partial charge on any atom is -0.480 e. The molecule has 0 aliphatic carbocycles. The lowest BCUT2D eigenvalue weighted by Gasteiger charge is -2.27. The first-order chi connectivity index (χ1) is 8.61.